The number of nitrogens with one attached hydrogen (secondary N) is 2. The number of terminal acetylenes is 1. The maximum atomic E-state index is 11.7. The lowest BCUT2D eigenvalue weighted by Crippen LogP contribution is -2.38. The highest BCUT2D eigenvalue weighted by Gasteiger charge is 2.13. The molecule has 1 saturated carbocycles. The van der Waals surface area contributed by atoms with Crippen molar-refractivity contribution in [2.45, 2.75) is 38.1 Å². The molecule has 0 bridgehead atoms. The van der Waals surface area contributed by atoms with Gasteiger partial charge in [0.2, 0.25) is 0 Å². The van der Waals surface area contributed by atoms with E-state index in [0.717, 1.165) is 18.4 Å². The Hall–Kier alpha value is -2.32. The zero-order valence-corrected chi connectivity index (χ0v) is 13.3. The van der Waals surface area contributed by atoms with Gasteiger partial charge >= 0.3 is 0 Å². The fourth-order valence-electron chi connectivity index (χ4n) is 2.57. The minimum Gasteiger partial charge on any atom is -0.481 e. The monoisotopic (exact) mass is 313 g/mol. The summed E-state index contributed by atoms with van der Waals surface area (Å²) in [6.07, 6.45) is 12.8. The fourth-order valence-corrected chi connectivity index (χ4v) is 2.57. The largest absolute Gasteiger partial charge is 0.481 e. The van der Waals surface area contributed by atoms with Crippen LogP contribution in [-0.4, -0.2) is 31.3 Å². The van der Waals surface area contributed by atoms with Crippen LogP contribution in [0.5, 0.6) is 5.75 Å². The van der Waals surface area contributed by atoms with Gasteiger partial charge in [-0.2, -0.15) is 5.10 Å². The minimum absolute atomic E-state index is 0.133. The summed E-state index contributed by atoms with van der Waals surface area (Å²) < 4.78 is 5.33. The number of benzene rings is 1. The summed E-state index contributed by atoms with van der Waals surface area (Å²) in [6.45, 7) is 0.525. The number of hydrogen-bond acceptors (Lipinski definition) is 4. The molecule has 0 unspecified atom stereocenters. The average molecular weight is 313 g/mol. The third-order valence-electron chi connectivity index (χ3n) is 3.74. The summed E-state index contributed by atoms with van der Waals surface area (Å²) in [6, 6.07) is 7.82. The number of hydrazone groups is 1. The number of hydrogen-bond donors (Lipinski definition) is 2. The lowest BCUT2D eigenvalue weighted by molar-refractivity contribution is -0.120. The van der Waals surface area contributed by atoms with Gasteiger partial charge in [-0.3, -0.25) is 4.79 Å². The molecule has 2 rings (SSSR count). The number of ether oxygens (including phenoxy) is 1. The highest BCUT2D eigenvalue weighted by Crippen LogP contribution is 2.17. The van der Waals surface area contributed by atoms with Gasteiger partial charge in [-0.1, -0.05) is 37.3 Å². The zero-order chi connectivity index (χ0) is 16.3. The van der Waals surface area contributed by atoms with Crippen LogP contribution in [0.1, 0.15) is 37.7 Å². The molecule has 0 saturated heterocycles. The molecule has 1 aromatic carbocycles. The molecule has 0 spiro atoms. The van der Waals surface area contributed by atoms with Crippen molar-refractivity contribution >= 4 is 12.1 Å². The Morgan fingerprint density at radius 1 is 1.39 bits per heavy atom. The number of rotatable bonds is 7. The van der Waals surface area contributed by atoms with Gasteiger partial charge in [0.1, 0.15) is 12.4 Å². The van der Waals surface area contributed by atoms with E-state index < -0.39 is 0 Å². The Kier molecular flexibility index (Phi) is 7.15. The van der Waals surface area contributed by atoms with Crippen molar-refractivity contribution in [2.75, 3.05) is 13.2 Å². The Bertz CT molecular complexity index is 572. The highest BCUT2D eigenvalue weighted by molar-refractivity contribution is 5.83. The molecule has 23 heavy (non-hydrogen) atoms. The van der Waals surface area contributed by atoms with E-state index in [2.05, 4.69) is 21.8 Å². The molecular weight excluding hydrogens is 290 g/mol. The molecule has 1 aliphatic rings. The molecule has 0 atom stereocenters. The normalized spacial score (nSPS) is 15.3. The second-order valence-corrected chi connectivity index (χ2v) is 5.57. The fraction of sp³-hybridized carbons (Fsp3) is 0.444. The molecular formula is C18H23N3O2. The summed E-state index contributed by atoms with van der Waals surface area (Å²) in [7, 11) is 0. The number of nitrogens with zero attached hydrogens (tertiary/aromatic N) is 1. The van der Waals surface area contributed by atoms with Crippen molar-refractivity contribution in [1.82, 2.24) is 10.7 Å². The second-order valence-electron chi connectivity index (χ2n) is 5.57. The van der Waals surface area contributed by atoms with E-state index in [-0.39, 0.29) is 12.5 Å². The molecule has 0 radical (unpaired) electrons. The molecule has 1 fully saturated rings. The quantitative estimate of drug-likeness (QED) is 0.460. The van der Waals surface area contributed by atoms with Crippen molar-refractivity contribution < 1.29 is 9.53 Å². The van der Waals surface area contributed by atoms with E-state index in [1.807, 2.05) is 24.3 Å². The van der Waals surface area contributed by atoms with Crippen LogP contribution in [0.4, 0.5) is 0 Å². The predicted molar refractivity (Wildman–Crippen MR) is 91.4 cm³/mol. The van der Waals surface area contributed by atoms with E-state index >= 15 is 0 Å². The molecule has 0 aliphatic heterocycles. The van der Waals surface area contributed by atoms with E-state index in [1.165, 1.54) is 19.3 Å². The summed E-state index contributed by atoms with van der Waals surface area (Å²) in [5.74, 6) is 2.96. The number of carbonyl (C=O) groups is 1. The summed E-state index contributed by atoms with van der Waals surface area (Å²) in [5.41, 5.74) is 3.36. The van der Waals surface area contributed by atoms with Crippen molar-refractivity contribution in [3.8, 4) is 18.1 Å². The second kappa shape index (κ2) is 9.65. The van der Waals surface area contributed by atoms with Gasteiger partial charge in [0.25, 0.3) is 5.91 Å². The predicted octanol–water partition coefficient (Wildman–Crippen LogP) is 2.07. The first-order valence-electron chi connectivity index (χ1n) is 7.99. The van der Waals surface area contributed by atoms with Crippen LogP contribution in [0, 0.1) is 12.3 Å². The molecule has 5 heteroatoms. The summed E-state index contributed by atoms with van der Waals surface area (Å²) >= 11 is 0. The van der Waals surface area contributed by atoms with Crippen molar-refractivity contribution in [2.24, 2.45) is 5.10 Å². The summed E-state index contributed by atoms with van der Waals surface area (Å²) in [4.78, 5) is 11.7. The van der Waals surface area contributed by atoms with Crippen molar-refractivity contribution in [3.63, 3.8) is 0 Å². The van der Waals surface area contributed by atoms with Crippen LogP contribution in [0.2, 0.25) is 0 Å². The van der Waals surface area contributed by atoms with Gasteiger partial charge in [0, 0.05) is 6.04 Å². The maximum absolute atomic E-state index is 11.7. The lowest BCUT2D eigenvalue weighted by atomic mass is 9.95. The standard InChI is InChI=1S/C18H23N3O2/c1-2-11-23-17-10-6-7-15(12-17)13-20-21-18(22)14-19-16-8-4-3-5-9-16/h1,6-7,10,12-13,16,19H,3-5,8-9,11,14H2,(H,21,22)/b20-13-. The Labute approximate surface area is 137 Å². The van der Waals surface area contributed by atoms with Crippen LogP contribution in [0.15, 0.2) is 29.4 Å². The minimum atomic E-state index is -0.133. The van der Waals surface area contributed by atoms with Gasteiger partial charge in [-0.15, -0.1) is 6.42 Å². The molecule has 5 nitrogen and oxygen atoms in total. The Balaban J connectivity index is 1.72. The smallest absolute Gasteiger partial charge is 0.254 e. The zero-order valence-electron chi connectivity index (χ0n) is 13.3. The van der Waals surface area contributed by atoms with E-state index in [4.69, 9.17) is 11.2 Å². The van der Waals surface area contributed by atoms with Gasteiger partial charge in [0.05, 0.1) is 12.8 Å². The van der Waals surface area contributed by atoms with Gasteiger partial charge in [0.15, 0.2) is 0 Å². The molecule has 1 aliphatic carbocycles. The van der Waals surface area contributed by atoms with E-state index in [0.29, 0.717) is 18.3 Å². The number of carbonyl (C=O) groups excluding carboxylic acids is 1. The first-order chi connectivity index (χ1) is 11.3. The first-order valence-corrected chi connectivity index (χ1v) is 7.99. The van der Waals surface area contributed by atoms with Crippen LogP contribution >= 0.6 is 0 Å². The van der Waals surface area contributed by atoms with Gasteiger partial charge < -0.3 is 10.1 Å². The van der Waals surface area contributed by atoms with Crippen LogP contribution in [0.25, 0.3) is 0 Å². The SMILES string of the molecule is C#CCOc1cccc(/C=N\NC(=O)CNC2CCCCC2)c1. The van der Waals surface area contributed by atoms with Gasteiger partial charge in [-0.25, -0.2) is 5.43 Å². The summed E-state index contributed by atoms with van der Waals surface area (Å²) in [5, 5.41) is 7.24. The molecule has 1 aromatic rings. The van der Waals surface area contributed by atoms with E-state index in [1.54, 1.807) is 6.21 Å². The molecule has 1 amide bonds. The van der Waals surface area contributed by atoms with Crippen LogP contribution in [0.3, 0.4) is 0 Å². The van der Waals surface area contributed by atoms with Gasteiger partial charge in [-0.05, 0) is 30.5 Å². The number of amides is 1. The average Bonchev–Trinajstić information content (AvgIpc) is 2.59. The molecule has 0 aromatic heterocycles. The lowest BCUT2D eigenvalue weighted by Gasteiger charge is -2.22. The van der Waals surface area contributed by atoms with Crippen molar-refractivity contribution in [3.05, 3.63) is 29.8 Å². The van der Waals surface area contributed by atoms with Crippen molar-refractivity contribution in [1.29, 1.82) is 0 Å². The molecule has 122 valence electrons. The van der Waals surface area contributed by atoms with E-state index in [9.17, 15) is 4.79 Å². The topological polar surface area (TPSA) is 62.7 Å². The molecule has 0 heterocycles. The highest BCUT2D eigenvalue weighted by atomic mass is 16.5. The van der Waals surface area contributed by atoms with Crippen LogP contribution in [-0.2, 0) is 4.79 Å². The molecule has 2 N–H and O–H groups in total. The Morgan fingerprint density at radius 3 is 3.00 bits per heavy atom. The first kappa shape index (κ1) is 17.0. The third-order valence-corrected chi connectivity index (χ3v) is 3.74. The maximum Gasteiger partial charge on any atom is 0.254 e. The van der Waals surface area contributed by atoms with Crippen LogP contribution < -0.4 is 15.5 Å². The third kappa shape index (κ3) is 6.54. The Morgan fingerprint density at radius 2 is 2.22 bits per heavy atom.